The minimum Gasteiger partial charge on any atom is -0.386 e. The van der Waals surface area contributed by atoms with Crippen molar-refractivity contribution in [3.05, 3.63) is 40.2 Å². The van der Waals surface area contributed by atoms with Gasteiger partial charge in [0.2, 0.25) is 0 Å². The first kappa shape index (κ1) is 13.3. The highest BCUT2D eigenvalue weighted by molar-refractivity contribution is 6.22. The maximum Gasteiger partial charge on any atom is 0.347 e. The Morgan fingerprint density at radius 3 is 2.16 bits per heavy atom. The summed E-state index contributed by atoms with van der Waals surface area (Å²) in [5.74, 6) is -1.10. The van der Waals surface area contributed by atoms with E-state index in [0.29, 0.717) is 11.1 Å². The molecule has 0 N–H and O–H groups in total. The number of cyclic esters (lactones) is 2. The van der Waals surface area contributed by atoms with Gasteiger partial charge in [0.05, 0.1) is 11.1 Å². The van der Waals surface area contributed by atoms with Gasteiger partial charge in [0, 0.05) is 18.9 Å². The van der Waals surface area contributed by atoms with Gasteiger partial charge in [-0.1, -0.05) is 5.57 Å². The molecule has 0 aliphatic carbocycles. The van der Waals surface area contributed by atoms with Gasteiger partial charge in [-0.05, 0) is 44.9 Å². The van der Waals surface area contributed by atoms with Crippen molar-refractivity contribution in [3.63, 3.8) is 0 Å². The van der Waals surface area contributed by atoms with Crippen LogP contribution in [0.15, 0.2) is 29.0 Å². The Morgan fingerprint density at radius 1 is 1.11 bits per heavy atom. The van der Waals surface area contributed by atoms with Gasteiger partial charge in [-0.25, -0.2) is 9.59 Å². The molecule has 1 aromatic rings. The lowest BCUT2D eigenvalue weighted by Gasteiger charge is -2.06. The van der Waals surface area contributed by atoms with Gasteiger partial charge in [0.1, 0.15) is 0 Å². The molecular formula is C15H17NO3. The molecule has 0 radical (unpaired) electrons. The number of carbonyl (C=O) groups is 2. The first-order valence-corrected chi connectivity index (χ1v) is 6.12. The molecule has 100 valence electrons. The average molecular weight is 259 g/mol. The van der Waals surface area contributed by atoms with Gasteiger partial charge in [-0.3, -0.25) is 0 Å². The zero-order chi connectivity index (χ0) is 14.3. The highest BCUT2D eigenvalue weighted by Gasteiger charge is 2.36. The minimum absolute atomic E-state index is 0.388. The number of nitrogens with zero attached hydrogens (tertiary/aromatic N) is 1. The highest BCUT2D eigenvalue weighted by atomic mass is 16.6. The van der Waals surface area contributed by atoms with E-state index in [2.05, 4.69) is 0 Å². The van der Waals surface area contributed by atoms with Gasteiger partial charge in [0.25, 0.3) is 0 Å². The van der Waals surface area contributed by atoms with E-state index in [1.165, 1.54) is 0 Å². The molecule has 19 heavy (non-hydrogen) atoms. The third kappa shape index (κ3) is 2.03. The Hall–Kier alpha value is -2.10. The normalized spacial score (nSPS) is 17.8. The maximum absolute atomic E-state index is 11.9. The number of hydrogen-bond donors (Lipinski definition) is 0. The summed E-state index contributed by atoms with van der Waals surface area (Å²) in [6, 6.07) is 1.94. The summed E-state index contributed by atoms with van der Waals surface area (Å²) in [7, 11) is 1.94. The summed E-state index contributed by atoms with van der Waals surface area (Å²) in [5.41, 5.74) is 4.36. The zero-order valence-electron chi connectivity index (χ0n) is 11.8. The molecule has 1 aliphatic heterocycles. The van der Waals surface area contributed by atoms with E-state index in [9.17, 15) is 9.59 Å². The number of rotatable bonds is 1. The molecule has 1 fully saturated rings. The van der Waals surface area contributed by atoms with E-state index >= 15 is 0 Å². The second kappa shape index (κ2) is 4.53. The number of allylic oxidation sites excluding steroid dienone is 2. The number of aryl methyl sites for hydroxylation is 1. The van der Waals surface area contributed by atoms with Crippen LogP contribution in [0.2, 0.25) is 0 Å². The van der Waals surface area contributed by atoms with Crippen molar-refractivity contribution in [1.82, 2.24) is 4.57 Å². The van der Waals surface area contributed by atoms with Crippen molar-refractivity contribution < 1.29 is 14.3 Å². The molecular weight excluding hydrogens is 242 g/mol. The molecule has 1 aliphatic rings. The molecule has 0 saturated carbocycles. The molecule has 0 amide bonds. The number of hydrogen-bond acceptors (Lipinski definition) is 3. The lowest BCUT2D eigenvalue weighted by molar-refractivity contribution is -0.149. The van der Waals surface area contributed by atoms with Gasteiger partial charge in [-0.15, -0.1) is 0 Å². The number of aromatic nitrogens is 1. The molecule has 4 heteroatoms. The summed E-state index contributed by atoms with van der Waals surface area (Å²) >= 11 is 0. The van der Waals surface area contributed by atoms with Gasteiger partial charge in [0.15, 0.2) is 0 Å². The van der Waals surface area contributed by atoms with Crippen LogP contribution >= 0.6 is 0 Å². The first-order chi connectivity index (χ1) is 8.84. The quantitative estimate of drug-likeness (QED) is 0.442. The van der Waals surface area contributed by atoms with Crippen LogP contribution in [-0.2, 0) is 21.4 Å². The van der Waals surface area contributed by atoms with E-state index in [4.69, 9.17) is 4.74 Å². The Bertz CT molecular complexity index is 640. The first-order valence-electron chi connectivity index (χ1n) is 6.12. The van der Waals surface area contributed by atoms with Crippen LogP contribution in [0, 0.1) is 6.92 Å². The number of ether oxygens (including phenoxy) is 1. The van der Waals surface area contributed by atoms with E-state index in [-0.39, 0.29) is 0 Å². The van der Waals surface area contributed by atoms with Crippen molar-refractivity contribution in [3.8, 4) is 0 Å². The molecule has 1 saturated heterocycles. The average Bonchev–Trinajstić information content (AvgIpc) is 2.79. The van der Waals surface area contributed by atoms with Crippen LogP contribution in [-0.4, -0.2) is 16.5 Å². The number of carbonyl (C=O) groups excluding carboxylic acids is 2. The van der Waals surface area contributed by atoms with Crippen molar-refractivity contribution in [2.75, 3.05) is 0 Å². The van der Waals surface area contributed by atoms with E-state index in [1.807, 2.05) is 37.7 Å². The van der Waals surface area contributed by atoms with Crippen LogP contribution in [0.1, 0.15) is 32.0 Å². The largest absolute Gasteiger partial charge is 0.386 e. The molecule has 4 nitrogen and oxygen atoms in total. The van der Waals surface area contributed by atoms with Crippen molar-refractivity contribution in [1.29, 1.82) is 0 Å². The lowest BCUT2D eigenvalue weighted by atomic mass is 9.95. The summed E-state index contributed by atoms with van der Waals surface area (Å²) in [6.45, 7) is 7.44. The lowest BCUT2D eigenvalue weighted by Crippen LogP contribution is -2.00. The molecule has 1 aromatic heterocycles. The molecule has 0 aromatic carbocycles. The van der Waals surface area contributed by atoms with E-state index in [0.717, 1.165) is 22.4 Å². The molecule has 0 unspecified atom stereocenters. The molecule has 0 atom stereocenters. The molecule has 2 heterocycles. The molecule has 2 rings (SSSR count). The van der Waals surface area contributed by atoms with Crippen molar-refractivity contribution in [2.45, 2.75) is 27.7 Å². The summed E-state index contributed by atoms with van der Waals surface area (Å²) in [4.78, 5) is 23.6. The van der Waals surface area contributed by atoms with Gasteiger partial charge >= 0.3 is 11.9 Å². The topological polar surface area (TPSA) is 48.3 Å². The predicted molar refractivity (Wildman–Crippen MR) is 72.2 cm³/mol. The van der Waals surface area contributed by atoms with Crippen LogP contribution in [0.5, 0.6) is 0 Å². The highest BCUT2D eigenvalue weighted by Crippen LogP contribution is 2.33. The Balaban J connectivity index is 2.70. The predicted octanol–water partition coefficient (Wildman–Crippen LogP) is 2.53. The third-order valence-electron chi connectivity index (χ3n) is 3.51. The SMILES string of the molecule is CC(C)=C1C(=O)OC(=O)/C1=C(/C)c1ccn(C)c1C. The second-order valence-electron chi connectivity index (χ2n) is 4.98. The van der Waals surface area contributed by atoms with Crippen LogP contribution in [0.25, 0.3) is 5.57 Å². The van der Waals surface area contributed by atoms with E-state index in [1.54, 1.807) is 13.8 Å². The summed E-state index contributed by atoms with van der Waals surface area (Å²) < 4.78 is 6.71. The maximum atomic E-state index is 11.9. The fourth-order valence-electron chi connectivity index (χ4n) is 2.32. The molecule has 0 spiro atoms. The standard InChI is InChI=1S/C15H17NO3/c1-8(2)12-13(15(18)19-14(12)17)9(3)11-6-7-16(5)10(11)4/h6-7H,1-5H3/b13-9-. The monoisotopic (exact) mass is 259 g/mol. The van der Waals surface area contributed by atoms with Gasteiger partial charge in [-0.2, -0.15) is 0 Å². The number of esters is 2. The Morgan fingerprint density at radius 2 is 1.68 bits per heavy atom. The zero-order valence-corrected chi connectivity index (χ0v) is 11.8. The minimum atomic E-state index is -0.554. The summed E-state index contributed by atoms with van der Waals surface area (Å²) in [5, 5.41) is 0. The Labute approximate surface area is 112 Å². The van der Waals surface area contributed by atoms with Gasteiger partial charge < -0.3 is 9.30 Å². The van der Waals surface area contributed by atoms with Crippen LogP contribution in [0.4, 0.5) is 0 Å². The fraction of sp³-hybridized carbons (Fsp3) is 0.333. The second-order valence-corrected chi connectivity index (χ2v) is 4.98. The Kier molecular flexibility index (Phi) is 3.18. The fourth-order valence-corrected chi connectivity index (χ4v) is 2.32. The third-order valence-corrected chi connectivity index (χ3v) is 3.51. The van der Waals surface area contributed by atoms with Crippen LogP contribution < -0.4 is 0 Å². The summed E-state index contributed by atoms with van der Waals surface area (Å²) in [6.07, 6.45) is 1.93. The van der Waals surface area contributed by atoms with Crippen molar-refractivity contribution >= 4 is 17.5 Å². The molecule has 0 bridgehead atoms. The van der Waals surface area contributed by atoms with E-state index < -0.39 is 11.9 Å². The van der Waals surface area contributed by atoms with Crippen molar-refractivity contribution in [2.24, 2.45) is 7.05 Å². The smallest absolute Gasteiger partial charge is 0.347 e. The van der Waals surface area contributed by atoms with Crippen LogP contribution in [0.3, 0.4) is 0 Å².